The molecule has 0 aliphatic heterocycles. The molecule has 0 saturated carbocycles. The molecule has 1 heterocycles. The van der Waals surface area contributed by atoms with Crippen LogP contribution in [0.25, 0.3) is 5.69 Å². The molecule has 28 heavy (non-hydrogen) atoms. The molecule has 0 spiro atoms. The van der Waals surface area contributed by atoms with Gasteiger partial charge in [0.15, 0.2) is 0 Å². The number of aromatic nitrogens is 2. The zero-order valence-corrected chi connectivity index (χ0v) is 15.9. The number of benzene rings is 2. The van der Waals surface area contributed by atoms with E-state index in [0.29, 0.717) is 23.4 Å². The first kappa shape index (κ1) is 19.1. The third kappa shape index (κ3) is 4.17. The molecule has 0 radical (unpaired) electrons. The first-order chi connectivity index (χ1) is 13.5. The summed E-state index contributed by atoms with van der Waals surface area (Å²) in [6.07, 6.45) is 1.60. The van der Waals surface area contributed by atoms with Gasteiger partial charge in [0.1, 0.15) is 0 Å². The summed E-state index contributed by atoms with van der Waals surface area (Å²) in [5, 5.41) is 9.97. The fourth-order valence-electron chi connectivity index (χ4n) is 2.89. The number of hydrogen-bond acceptors (Lipinski definition) is 3. The topological polar surface area (TPSA) is 76.0 Å². The van der Waals surface area contributed by atoms with Crippen LogP contribution < -0.4 is 10.6 Å². The maximum absolute atomic E-state index is 12.6. The maximum Gasteiger partial charge on any atom is 0.255 e. The molecule has 0 aliphatic carbocycles. The molecular formula is C22H22N4O2. The molecule has 3 rings (SSSR count). The van der Waals surface area contributed by atoms with Crippen LogP contribution in [0.4, 0.5) is 5.69 Å². The largest absolute Gasteiger partial charge is 0.349 e. The number of para-hydroxylation sites is 1. The average molecular weight is 374 g/mol. The van der Waals surface area contributed by atoms with Crippen LogP contribution in [0.15, 0.2) is 67.3 Å². The molecular weight excluding hydrogens is 352 g/mol. The highest BCUT2D eigenvalue weighted by Crippen LogP contribution is 2.18. The Morgan fingerprint density at radius 1 is 1.07 bits per heavy atom. The lowest BCUT2D eigenvalue weighted by Gasteiger charge is -2.11. The second-order valence-electron chi connectivity index (χ2n) is 6.38. The van der Waals surface area contributed by atoms with E-state index >= 15 is 0 Å². The number of rotatable bonds is 6. The van der Waals surface area contributed by atoms with Crippen LogP contribution in [0.5, 0.6) is 0 Å². The first-order valence-electron chi connectivity index (χ1n) is 8.93. The molecule has 1 aromatic heterocycles. The normalized spacial score (nSPS) is 10.4. The number of amides is 2. The van der Waals surface area contributed by atoms with Gasteiger partial charge in [-0.25, -0.2) is 4.68 Å². The quantitative estimate of drug-likeness (QED) is 0.647. The van der Waals surface area contributed by atoms with Crippen molar-refractivity contribution >= 4 is 17.5 Å². The van der Waals surface area contributed by atoms with E-state index in [1.54, 1.807) is 42.5 Å². The predicted molar refractivity (Wildman–Crippen MR) is 110 cm³/mol. The van der Waals surface area contributed by atoms with Crippen LogP contribution in [-0.4, -0.2) is 28.1 Å². The Kier molecular flexibility index (Phi) is 5.69. The Hall–Kier alpha value is -3.67. The SMILES string of the molecule is C=CCNC(=O)c1ccccc1NC(=O)c1ccc(-n2nc(C)cc2C)cc1. The van der Waals surface area contributed by atoms with Crippen molar-refractivity contribution in [3.63, 3.8) is 0 Å². The molecule has 0 saturated heterocycles. The maximum atomic E-state index is 12.6. The molecule has 2 amide bonds. The van der Waals surface area contributed by atoms with Gasteiger partial charge >= 0.3 is 0 Å². The Morgan fingerprint density at radius 2 is 1.79 bits per heavy atom. The average Bonchev–Trinajstić information content (AvgIpc) is 3.04. The van der Waals surface area contributed by atoms with Gasteiger partial charge in [-0.1, -0.05) is 18.2 Å². The van der Waals surface area contributed by atoms with Gasteiger partial charge in [0.2, 0.25) is 0 Å². The zero-order chi connectivity index (χ0) is 20.1. The zero-order valence-electron chi connectivity index (χ0n) is 15.9. The molecule has 0 bridgehead atoms. The summed E-state index contributed by atoms with van der Waals surface area (Å²) in [7, 11) is 0. The highest BCUT2D eigenvalue weighted by Gasteiger charge is 2.14. The summed E-state index contributed by atoms with van der Waals surface area (Å²) in [6.45, 7) is 7.86. The fourth-order valence-corrected chi connectivity index (χ4v) is 2.89. The van der Waals surface area contributed by atoms with Crippen molar-refractivity contribution in [2.75, 3.05) is 11.9 Å². The molecule has 6 nitrogen and oxygen atoms in total. The Labute approximate surface area is 163 Å². The van der Waals surface area contributed by atoms with Gasteiger partial charge < -0.3 is 10.6 Å². The molecule has 2 aromatic carbocycles. The minimum Gasteiger partial charge on any atom is -0.349 e. The third-order valence-corrected chi connectivity index (χ3v) is 4.21. The van der Waals surface area contributed by atoms with E-state index in [1.165, 1.54) is 0 Å². The number of aryl methyl sites for hydroxylation is 2. The van der Waals surface area contributed by atoms with Crippen LogP contribution >= 0.6 is 0 Å². The van der Waals surface area contributed by atoms with Crippen LogP contribution in [0.3, 0.4) is 0 Å². The first-order valence-corrected chi connectivity index (χ1v) is 8.93. The van der Waals surface area contributed by atoms with Gasteiger partial charge in [0, 0.05) is 17.8 Å². The highest BCUT2D eigenvalue weighted by atomic mass is 16.2. The number of hydrogen-bond donors (Lipinski definition) is 2. The Morgan fingerprint density at radius 3 is 2.43 bits per heavy atom. The van der Waals surface area contributed by atoms with Crippen molar-refractivity contribution in [2.45, 2.75) is 13.8 Å². The van der Waals surface area contributed by atoms with E-state index in [4.69, 9.17) is 0 Å². The van der Waals surface area contributed by atoms with Crippen LogP contribution in [0, 0.1) is 13.8 Å². The molecule has 3 aromatic rings. The molecule has 0 aliphatic rings. The summed E-state index contributed by atoms with van der Waals surface area (Å²) < 4.78 is 1.83. The fraction of sp³-hybridized carbons (Fsp3) is 0.136. The van der Waals surface area contributed by atoms with Crippen molar-refractivity contribution in [3.8, 4) is 5.69 Å². The second-order valence-corrected chi connectivity index (χ2v) is 6.38. The van der Waals surface area contributed by atoms with Gasteiger partial charge in [0.05, 0.1) is 22.6 Å². The van der Waals surface area contributed by atoms with Crippen molar-refractivity contribution in [3.05, 3.63) is 89.8 Å². The minimum absolute atomic E-state index is 0.268. The minimum atomic E-state index is -0.288. The standard InChI is InChI=1S/C22H22N4O2/c1-4-13-23-22(28)19-7-5-6-8-20(19)24-21(27)17-9-11-18(12-10-17)26-16(3)14-15(2)25-26/h4-12,14H,1,13H2,2-3H3,(H,23,28)(H,24,27). The molecule has 0 unspecified atom stereocenters. The number of anilines is 1. The lowest BCUT2D eigenvalue weighted by Crippen LogP contribution is -2.25. The monoisotopic (exact) mass is 374 g/mol. The number of carbonyl (C=O) groups is 2. The summed E-state index contributed by atoms with van der Waals surface area (Å²) in [5.41, 5.74) is 4.19. The van der Waals surface area contributed by atoms with E-state index in [1.807, 2.05) is 36.7 Å². The van der Waals surface area contributed by atoms with Gasteiger partial charge in [-0.15, -0.1) is 6.58 Å². The van der Waals surface area contributed by atoms with Gasteiger partial charge in [0.25, 0.3) is 11.8 Å². The van der Waals surface area contributed by atoms with Gasteiger partial charge in [-0.05, 0) is 56.3 Å². The molecule has 0 fully saturated rings. The van der Waals surface area contributed by atoms with E-state index in [0.717, 1.165) is 17.1 Å². The lowest BCUT2D eigenvalue weighted by molar-refractivity contribution is 0.0959. The van der Waals surface area contributed by atoms with Crippen molar-refractivity contribution in [1.82, 2.24) is 15.1 Å². The molecule has 142 valence electrons. The van der Waals surface area contributed by atoms with Crippen LogP contribution in [0.2, 0.25) is 0 Å². The van der Waals surface area contributed by atoms with Crippen molar-refractivity contribution in [1.29, 1.82) is 0 Å². The summed E-state index contributed by atoms with van der Waals surface area (Å²) in [4.78, 5) is 24.9. The Balaban J connectivity index is 1.78. The molecule has 0 atom stereocenters. The number of carbonyl (C=O) groups excluding carboxylic acids is 2. The predicted octanol–water partition coefficient (Wildman–Crippen LogP) is 3.66. The highest BCUT2D eigenvalue weighted by molar-refractivity contribution is 6.09. The summed E-state index contributed by atoms with van der Waals surface area (Å²) in [5.74, 6) is -0.556. The van der Waals surface area contributed by atoms with Crippen molar-refractivity contribution < 1.29 is 9.59 Å². The van der Waals surface area contributed by atoms with Gasteiger partial charge in [-0.3, -0.25) is 9.59 Å². The number of nitrogens with one attached hydrogen (secondary N) is 2. The smallest absolute Gasteiger partial charge is 0.255 e. The third-order valence-electron chi connectivity index (χ3n) is 4.21. The van der Waals surface area contributed by atoms with E-state index < -0.39 is 0 Å². The van der Waals surface area contributed by atoms with E-state index in [9.17, 15) is 9.59 Å². The van der Waals surface area contributed by atoms with Crippen molar-refractivity contribution in [2.24, 2.45) is 0 Å². The Bertz CT molecular complexity index is 1020. The number of nitrogens with zero attached hydrogens (tertiary/aromatic N) is 2. The second kappa shape index (κ2) is 8.35. The van der Waals surface area contributed by atoms with Crippen LogP contribution in [0.1, 0.15) is 32.1 Å². The van der Waals surface area contributed by atoms with Crippen LogP contribution in [-0.2, 0) is 0 Å². The molecule has 6 heteroatoms. The summed E-state index contributed by atoms with van der Waals surface area (Å²) in [6, 6.07) is 16.0. The van der Waals surface area contributed by atoms with E-state index in [2.05, 4.69) is 22.3 Å². The lowest BCUT2D eigenvalue weighted by atomic mass is 10.1. The molecule has 2 N–H and O–H groups in total. The summed E-state index contributed by atoms with van der Waals surface area (Å²) >= 11 is 0. The van der Waals surface area contributed by atoms with Gasteiger partial charge in [-0.2, -0.15) is 5.10 Å². The van der Waals surface area contributed by atoms with E-state index in [-0.39, 0.29) is 11.8 Å².